The average Bonchev–Trinajstić information content (AvgIpc) is 2.57. The van der Waals surface area contributed by atoms with Crippen LogP contribution in [0.4, 0.5) is 28.7 Å². The van der Waals surface area contributed by atoms with Crippen LogP contribution in [0.25, 0.3) is 0 Å². The lowest BCUT2D eigenvalue weighted by atomic mass is 10.3. The third-order valence-corrected chi connectivity index (χ3v) is 4.61. The number of thioether (sulfide) groups is 1. The number of nitrogens with one attached hydrogen (secondary N) is 1. The first-order chi connectivity index (χ1) is 13.1. The van der Waals surface area contributed by atoms with Gasteiger partial charge in [-0.2, -0.15) is 13.7 Å². The van der Waals surface area contributed by atoms with Crippen LogP contribution in [-0.4, -0.2) is 34.6 Å². The Morgan fingerprint density at radius 1 is 1.32 bits per heavy atom. The molecule has 1 amide bonds. The van der Waals surface area contributed by atoms with E-state index in [2.05, 4.69) is 25.5 Å². The number of azo groups is 1. The monoisotopic (exact) mass is 422 g/mol. The summed E-state index contributed by atoms with van der Waals surface area (Å²) >= 11 is 1.02. The largest absolute Gasteiger partial charge is 0.382 e. The van der Waals surface area contributed by atoms with Gasteiger partial charge in [0.25, 0.3) is 10.1 Å². The van der Waals surface area contributed by atoms with E-state index in [4.69, 9.17) is 16.7 Å². The number of carbonyl (C=O) groups excluding carboxylic acids is 1. The minimum absolute atomic E-state index is 0.0907. The van der Waals surface area contributed by atoms with Gasteiger partial charge in [0.1, 0.15) is 10.6 Å². The number of anilines is 3. The van der Waals surface area contributed by atoms with E-state index >= 15 is 0 Å². The second-order valence-corrected chi connectivity index (χ2v) is 7.44. The van der Waals surface area contributed by atoms with Crippen molar-refractivity contribution in [2.24, 2.45) is 10.2 Å². The molecule has 146 valence electrons. The number of benzene rings is 1. The first kappa shape index (κ1) is 21.0. The standard InChI is InChI=1S/C14H14N8O4S2/c1-7(23)18-8-2-3-10(28(24,25)26)9(6-8)21-22-11-12(16)19-14(20-13(11)17)27-5-4-15/h2-3,6H,5H2,1H3,(H,18,23)(H,24,25,26)(H4,16,17,19,20). The lowest BCUT2D eigenvalue weighted by Crippen LogP contribution is -2.06. The van der Waals surface area contributed by atoms with E-state index in [0.29, 0.717) is 0 Å². The summed E-state index contributed by atoms with van der Waals surface area (Å²) in [5.74, 6) is -0.575. The van der Waals surface area contributed by atoms with Crippen LogP contribution in [0.3, 0.4) is 0 Å². The van der Waals surface area contributed by atoms with Crippen LogP contribution >= 0.6 is 11.8 Å². The number of nitriles is 1. The molecule has 14 heteroatoms. The molecule has 1 aromatic heterocycles. The molecule has 0 atom stereocenters. The molecule has 0 bridgehead atoms. The highest BCUT2D eigenvalue weighted by Crippen LogP contribution is 2.33. The molecule has 0 unspecified atom stereocenters. The van der Waals surface area contributed by atoms with Crippen LogP contribution in [0.15, 0.2) is 38.5 Å². The first-order valence-corrected chi connectivity index (χ1v) is 9.78. The smallest absolute Gasteiger partial charge is 0.296 e. The van der Waals surface area contributed by atoms with Gasteiger partial charge in [0.2, 0.25) is 5.91 Å². The number of nitrogens with two attached hydrogens (primary N) is 2. The molecule has 2 aromatic rings. The van der Waals surface area contributed by atoms with Gasteiger partial charge in [-0.3, -0.25) is 9.35 Å². The molecule has 0 aliphatic carbocycles. The lowest BCUT2D eigenvalue weighted by Gasteiger charge is -2.07. The minimum atomic E-state index is -4.61. The third-order valence-electron chi connectivity index (χ3n) is 3.00. The number of amides is 1. The molecule has 12 nitrogen and oxygen atoms in total. The van der Waals surface area contributed by atoms with Crippen LogP contribution in [0.5, 0.6) is 0 Å². The fraction of sp³-hybridized carbons (Fsp3) is 0.143. The molecule has 0 fully saturated rings. The molecule has 0 aliphatic heterocycles. The number of rotatable bonds is 6. The van der Waals surface area contributed by atoms with Crippen molar-refractivity contribution in [1.29, 1.82) is 5.26 Å². The Balaban J connectivity index is 2.47. The molecular formula is C14H14N8O4S2. The van der Waals surface area contributed by atoms with E-state index in [0.717, 1.165) is 17.8 Å². The molecule has 0 aliphatic rings. The number of carbonyl (C=O) groups is 1. The highest BCUT2D eigenvalue weighted by atomic mass is 32.2. The zero-order chi connectivity index (χ0) is 20.9. The SMILES string of the molecule is CC(=O)Nc1ccc(S(=O)(=O)O)c(N=Nc2c(N)nc(SCC#N)nc2N)c1. The summed E-state index contributed by atoms with van der Waals surface area (Å²) in [4.78, 5) is 18.5. The van der Waals surface area contributed by atoms with Crippen molar-refractivity contribution in [3.05, 3.63) is 18.2 Å². The zero-order valence-corrected chi connectivity index (χ0v) is 16.0. The van der Waals surface area contributed by atoms with Gasteiger partial charge in [-0.25, -0.2) is 9.97 Å². The second kappa shape index (κ2) is 8.61. The quantitative estimate of drug-likeness (QED) is 0.230. The maximum atomic E-state index is 11.5. The van der Waals surface area contributed by atoms with Crippen LogP contribution < -0.4 is 16.8 Å². The topological polar surface area (TPSA) is 210 Å². The summed E-state index contributed by atoms with van der Waals surface area (Å²) in [7, 11) is -4.61. The van der Waals surface area contributed by atoms with Crippen LogP contribution in [0.2, 0.25) is 0 Å². The molecule has 1 heterocycles. The Kier molecular flexibility index (Phi) is 6.46. The van der Waals surface area contributed by atoms with Gasteiger partial charge in [-0.15, -0.1) is 10.2 Å². The molecule has 0 radical (unpaired) electrons. The van der Waals surface area contributed by atoms with Crippen LogP contribution in [-0.2, 0) is 14.9 Å². The maximum absolute atomic E-state index is 11.5. The van der Waals surface area contributed by atoms with E-state index in [1.807, 2.05) is 6.07 Å². The summed E-state index contributed by atoms with van der Waals surface area (Å²) in [6, 6.07) is 5.43. The van der Waals surface area contributed by atoms with E-state index in [-0.39, 0.29) is 39.6 Å². The van der Waals surface area contributed by atoms with Crippen LogP contribution in [0, 0.1) is 11.3 Å². The Morgan fingerprint density at radius 2 is 1.96 bits per heavy atom. The lowest BCUT2D eigenvalue weighted by molar-refractivity contribution is -0.114. The minimum Gasteiger partial charge on any atom is -0.382 e. The van der Waals surface area contributed by atoms with Gasteiger partial charge < -0.3 is 16.8 Å². The van der Waals surface area contributed by atoms with E-state index in [9.17, 15) is 17.8 Å². The van der Waals surface area contributed by atoms with Crippen LogP contribution in [0.1, 0.15) is 6.92 Å². The number of hydrogen-bond donors (Lipinski definition) is 4. The molecule has 28 heavy (non-hydrogen) atoms. The molecule has 0 saturated carbocycles. The van der Waals surface area contributed by atoms with Crippen molar-refractivity contribution < 1.29 is 17.8 Å². The summed E-state index contributed by atoms with van der Waals surface area (Å²) in [6.07, 6.45) is 0. The molecule has 2 rings (SSSR count). The van der Waals surface area contributed by atoms with E-state index in [1.54, 1.807) is 0 Å². The summed E-state index contributed by atoms with van der Waals surface area (Å²) in [5.41, 5.74) is 11.4. The maximum Gasteiger partial charge on any atom is 0.296 e. The molecule has 6 N–H and O–H groups in total. The molecular weight excluding hydrogens is 408 g/mol. The summed E-state index contributed by atoms with van der Waals surface area (Å²) < 4.78 is 32.4. The molecule has 0 spiro atoms. The predicted octanol–water partition coefficient (Wildman–Crippen LogP) is 1.88. The Morgan fingerprint density at radius 3 is 2.50 bits per heavy atom. The number of hydrogen-bond acceptors (Lipinski definition) is 11. The first-order valence-electron chi connectivity index (χ1n) is 7.35. The average molecular weight is 422 g/mol. The van der Waals surface area contributed by atoms with Crippen molar-refractivity contribution in [3.63, 3.8) is 0 Å². The zero-order valence-electron chi connectivity index (χ0n) is 14.3. The van der Waals surface area contributed by atoms with Crippen molar-refractivity contribution >= 4 is 56.5 Å². The van der Waals surface area contributed by atoms with Gasteiger partial charge >= 0.3 is 0 Å². The van der Waals surface area contributed by atoms with Crippen molar-refractivity contribution in [2.75, 3.05) is 22.5 Å². The van der Waals surface area contributed by atoms with Crippen molar-refractivity contribution in [2.45, 2.75) is 17.0 Å². The highest BCUT2D eigenvalue weighted by molar-refractivity contribution is 7.99. The Bertz CT molecular complexity index is 1070. The number of nitrogen functional groups attached to an aromatic ring is 2. The third kappa shape index (κ3) is 5.36. The van der Waals surface area contributed by atoms with Gasteiger partial charge in [0.15, 0.2) is 22.5 Å². The fourth-order valence-corrected chi connectivity index (χ4v) is 3.05. The normalized spacial score (nSPS) is 11.3. The van der Waals surface area contributed by atoms with Gasteiger partial charge in [-0.05, 0) is 18.2 Å². The fourth-order valence-electron chi connectivity index (χ4n) is 1.93. The van der Waals surface area contributed by atoms with Gasteiger partial charge in [0, 0.05) is 12.6 Å². The van der Waals surface area contributed by atoms with E-state index < -0.39 is 20.9 Å². The number of aromatic nitrogens is 2. The van der Waals surface area contributed by atoms with E-state index in [1.165, 1.54) is 19.1 Å². The van der Waals surface area contributed by atoms with Gasteiger partial charge in [-0.1, -0.05) is 11.8 Å². The van der Waals surface area contributed by atoms with Crippen molar-refractivity contribution in [3.8, 4) is 6.07 Å². The second-order valence-electron chi connectivity index (χ2n) is 5.11. The predicted molar refractivity (Wildman–Crippen MR) is 102 cm³/mol. The Labute approximate surface area is 163 Å². The van der Waals surface area contributed by atoms with Crippen molar-refractivity contribution in [1.82, 2.24) is 9.97 Å². The Hall–Kier alpha value is -3.28. The summed E-state index contributed by atoms with van der Waals surface area (Å²) in [6.45, 7) is 1.27. The molecule has 1 aromatic carbocycles. The summed E-state index contributed by atoms with van der Waals surface area (Å²) in [5, 5.41) is 18.7. The molecule has 0 saturated heterocycles. The van der Waals surface area contributed by atoms with Gasteiger partial charge in [0.05, 0.1) is 11.8 Å². The number of nitrogens with zero attached hydrogens (tertiary/aromatic N) is 5. The highest BCUT2D eigenvalue weighted by Gasteiger charge is 2.17.